The highest BCUT2D eigenvalue weighted by Gasteiger charge is 2.24. The molecule has 0 aliphatic carbocycles. The molecule has 0 aromatic heterocycles. The number of ether oxygens (including phenoxy) is 2. The number of fused-ring (bicyclic) bond motifs is 1. The quantitative estimate of drug-likeness (QED) is 0.788. The smallest absolute Gasteiger partial charge is 0.260 e. The van der Waals surface area contributed by atoms with E-state index in [2.05, 4.69) is 5.32 Å². The highest BCUT2D eigenvalue weighted by Crippen LogP contribution is 2.35. The van der Waals surface area contributed by atoms with Crippen LogP contribution in [0.1, 0.15) is 24.0 Å². The van der Waals surface area contributed by atoms with Gasteiger partial charge in [-0.2, -0.15) is 0 Å². The van der Waals surface area contributed by atoms with Gasteiger partial charge in [0.25, 0.3) is 11.8 Å². The van der Waals surface area contributed by atoms with Crippen molar-refractivity contribution in [1.29, 1.82) is 0 Å². The Hall–Kier alpha value is -3.35. The number of benzene rings is 2. The summed E-state index contributed by atoms with van der Waals surface area (Å²) in [4.78, 5) is 26.2. The van der Waals surface area contributed by atoms with Crippen molar-refractivity contribution in [2.24, 2.45) is 0 Å². The minimum absolute atomic E-state index is 0.0444. The normalized spacial score (nSPS) is 16.7. The lowest BCUT2D eigenvalue weighted by molar-refractivity contribution is -0.132. The number of carbonyl (C=O) groups excluding carboxylic acids is 2. The van der Waals surface area contributed by atoms with E-state index in [0.29, 0.717) is 33.9 Å². The third kappa shape index (κ3) is 3.94. The van der Waals surface area contributed by atoms with Crippen molar-refractivity contribution >= 4 is 29.2 Å². The second-order valence-electron chi connectivity index (χ2n) is 6.99. The number of halogens is 1. The first kappa shape index (κ1) is 19.0. The van der Waals surface area contributed by atoms with Crippen molar-refractivity contribution in [3.05, 3.63) is 53.3 Å². The van der Waals surface area contributed by atoms with Crippen LogP contribution in [0.2, 0.25) is 0 Å². The van der Waals surface area contributed by atoms with E-state index in [4.69, 9.17) is 9.47 Å². The molecular formula is C22H21FN2O4. The van der Waals surface area contributed by atoms with E-state index in [9.17, 15) is 14.0 Å². The van der Waals surface area contributed by atoms with Gasteiger partial charge in [-0.15, -0.1) is 0 Å². The van der Waals surface area contributed by atoms with Crippen LogP contribution in [0.4, 0.5) is 10.1 Å². The maximum Gasteiger partial charge on any atom is 0.260 e. The Labute approximate surface area is 167 Å². The average molecular weight is 396 g/mol. The van der Waals surface area contributed by atoms with E-state index in [1.807, 2.05) is 0 Å². The largest absolute Gasteiger partial charge is 0.493 e. The van der Waals surface area contributed by atoms with E-state index < -0.39 is 5.82 Å². The summed E-state index contributed by atoms with van der Waals surface area (Å²) in [6.07, 6.45) is 3.72. The van der Waals surface area contributed by atoms with Crippen LogP contribution in [-0.2, 0) is 9.59 Å². The van der Waals surface area contributed by atoms with Crippen molar-refractivity contribution in [3.8, 4) is 11.5 Å². The fraction of sp³-hybridized carbons (Fsp3) is 0.273. The summed E-state index contributed by atoms with van der Waals surface area (Å²) >= 11 is 0. The molecule has 0 unspecified atom stereocenters. The van der Waals surface area contributed by atoms with Gasteiger partial charge in [0.15, 0.2) is 18.1 Å². The van der Waals surface area contributed by atoms with Crippen LogP contribution in [0, 0.1) is 5.82 Å². The molecule has 0 bridgehead atoms. The molecule has 150 valence electrons. The first-order valence-corrected chi connectivity index (χ1v) is 9.47. The topological polar surface area (TPSA) is 67.9 Å². The number of likely N-dealkylation sites (tertiary alicyclic amines) is 1. The molecule has 2 aliphatic heterocycles. The number of nitrogens with one attached hydrogen (secondary N) is 1. The number of methoxy groups -OCH3 is 1. The summed E-state index contributed by atoms with van der Waals surface area (Å²) in [6.45, 7) is 1.50. The number of amides is 2. The molecule has 0 radical (unpaired) electrons. The number of rotatable bonds is 5. The molecule has 29 heavy (non-hydrogen) atoms. The van der Waals surface area contributed by atoms with E-state index in [-0.39, 0.29) is 18.4 Å². The highest BCUT2D eigenvalue weighted by atomic mass is 19.1. The molecule has 6 nitrogen and oxygen atoms in total. The van der Waals surface area contributed by atoms with Crippen molar-refractivity contribution in [2.45, 2.75) is 12.8 Å². The Balaban J connectivity index is 1.54. The van der Waals surface area contributed by atoms with Crippen LogP contribution in [0.25, 0.3) is 11.6 Å². The van der Waals surface area contributed by atoms with Gasteiger partial charge in [0, 0.05) is 29.9 Å². The van der Waals surface area contributed by atoms with Crippen LogP contribution >= 0.6 is 0 Å². The molecule has 2 aromatic rings. The Morgan fingerprint density at radius 3 is 2.72 bits per heavy atom. The minimum atomic E-state index is -0.407. The molecule has 4 rings (SSSR count). The van der Waals surface area contributed by atoms with Gasteiger partial charge in [0.1, 0.15) is 5.82 Å². The maximum absolute atomic E-state index is 13.6. The Kier molecular flexibility index (Phi) is 5.20. The fourth-order valence-corrected chi connectivity index (χ4v) is 3.56. The third-order valence-corrected chi connectivity index (χ3v) is 5.07. The van der Waals surface area contributed by atoms with Gasteiger partial charge in [0.2, 0.25) is 0 Å². The van der Waals surface area contributed by atoms with Crippen LogP contribution in [0.3, 0.4) is 0 Å². The summed E-state index contributed by atoms with van der Waals surface area (Å²) in [5, 5.41) is 2.72. The molecular weight excluding hydrogens is 375 g/mol. The second kappa shape index (κ2) is 7.95. The standard InChI is InChI=1S/C22H21FN2O4/c1-28-20-11-14(4-7-19(20)29-13-21(26)25-8-2-3-9-25)10-17-16-12-15(23)5-6-18(16)24-22(17)27/h4-7,10-12H,2-3,8-9,13H2,1H3,(H,24,27)/b17-10-. The molecule has 1 saturated heterocycles. The van der Waals surface area contributed by atoms with Crippen molar-refractivity contribution in [1.82, 2.24) is 4.90 Å². The molecule has 2 amide bonds. The Morgan fingerprint density at radius 2 is 1.97 bits per heavy atom. The summed E-state index contributed by atoms with van der Waals surface area (Å²) < 4.78 is 24.6. The van der Waals surface area contributed by atoms with Crippen molar-refractivity contribution in [2.75, 3.05) is 32.1 Å². The number of carbonyl (C=O) groups is 2. The predicted octanol–water partition coefficient (Wildman–Crippen LogP) is 3.33. The molecule has 2 heterocycles. The zero-order valence-electron chi connectivity index (χ0n) is 16.0. The van der Waals surface area contributed by atoms with Gasteiger partial charge >= 0.3 is 0 Å². The maximum atomic E-state index is 13.6. The van der Waals surface area contributed by atoms with Crippen molar-refractivity contribution < 1.29 is 23.5 Å². The monoisotopic (exact) mass is 396 g/mol. The first-order chi connectivity index (χ1) is 14.0. The summed E-state index contributed by atoms with van der Waals surface area (Å²) in [5.41, 5.74) is 2.17. The van der Waals surface area contributed by atoms with Gasteiger partial charge in [0.05, 0.1) is 7.11 Å². The van der Waals surface area contributed by atoms with Gasteiger partial charge in [-0.25, -0.2) is 4.39 Å². The van der Waals surface area contributed by atoms with Gasteiger partial charge < -0.3 is 19.7 Å². The van der Waals surface area contributed by atoms with E-state index in [0.717, 1.165) is 25.9 Å². The average Bonchev–Trinajstić information content (AvgIpc) is 3.36. The Morgan fingerprint density at radius 1 is 1.17 bits per heavy atom. The number of hydrogen-bond acceptors (Lipinski definition) is 4. The number of anilines is 1. The Bertz CT molecular complexity index is 996. The lowest BCUT2D eigenvalue weighted by Crippen LogP contribution is -2.32. The molecule has 1 N–H and O–H groups in total. The molecule has 0 saturated carbocycles. The SMILES string of the molecule is COc1cc(/C=C2\C(=O)Nc3ccc(F)cc32)ccc1OCC(=O)N1CCCC1. The van der Waals surface area contributed by atoms with Crippen LogP contribution in [-0.4, -0.2) is 43.5 Å². The van der Waals surface area contributed by atoms with Gasteiger partial charge in [-0.1, -0.05) is 6.07 Å². The predicted molar refractivity (Wildman–Crippen MR) is 107 cm³/mol. The molecule has 2 aliphatic rings. The zero-order valence-corrected chi connectivity index (χ0v) is 16.0. The minimum Gasteiger partial charge on any atom is -0.493 e. The zero-order chi connectivity index (χ0) is 20.4. The van der Waals surface area contributed by atoms with Gasteiger partial charge in [-0.05, 0) is 54.8 Å². The van der Waals surface area contributed by atoms with E-state index >= 15 is 0 Å². The third-order valence-electron chi connectivity index (χ3n) is 5.07. The summed E-state index contributed by atoms with van der Waals surface area (Å²) in [7, 11) is 1.51. The number of hydrogen-bond donors (Lipinski definition) is 1. The molecule has 7 heteroatoms. The summed E-state index contributed by atoms with van der Waals surface area (Å²) in [5.74, 6) is 0.157. The lowest BCUT2D eigenvalue weighted by Gasteiger charge is -2.16. The van der Waals surface area contributed by atoms with E-state index in [1.165, 1.54) is 25.3 Å². The fourth-order valence-electron chi connectivity index (χ4n) is 3.56. The highest BCUT2D eigenvalue weighted by molar-refractivity contribution is 6.34. The second-order valence-corrected chi connectivity index (χ2v) is 6.99. The molecule has 0 spiro atoms. The molecule has 0 atom stereocenters. The van der Waals surface area contributed by atoms with Crippen LogP contribution in [0.5, 0.6) is 11.5 Å². The molecule has 2 aromatic carbocycles. The number of nitrogens with zero attached hydrogens (tertiary/aromatic N) is 1. The van der Waals surface area contributed by atoms with Crippen LogP contribution in [0.15, 0.2) is 36.4 Å². The summed E-state index contributed by atoms with van der Waals surface area (Å²) in [6, 6.07) is 9.35. The van der Waals surface area contributed by atoms with Gasteiger partial charge in [-0.3, -0.25) is 9.59 Å². The first-order valence-electron chi connectivity index (χ1n) is 9.47. The lowest BCUT2D eigenvalue weighted by atomic mass is 10.0. The van der Waals surface area contributed by atoms with Crippen LogP contribution < -0.4 is 14.8 Å². The molecule has 1 fully saturated rings. The van der Waals surface area contributed by atoms with E-state index in [1.54, 1.807) is 29.2 Å². The van der Waals surface area contributed by atoms with Crippen molar-refractivity contribution in [3.63, 3.8) is 0 Å².